The average molecular weight is 534 g/mol. The maximum absolute atomic E-state index is 10.8. The van der Waals surface area contributed by atoms with Crippen molar-refractivity contribution < 1.29 is 14.4 Å². The van der Waals surface area contributed by atoms with Gasteiger partial charge in [0.05, 0.1) is 6.54 Å². The van der Waals surface area contributed by atoms with Gasteiger partial charge in [0.25, 0.3) is 0 Å². The van der Waals surface area contributed by atoms with Crippen molar-refractivity contribution >= 4 is 59.8 Å². The van der Waals surface area contributed by atoms with Gasteiger partial charge in [-0.15, -0.1) is 0 Å². The molecule has 7 nitrogen and oxygen atoms in total. The van der Waals surface area contributed by atoms with E-state index < -0.39 is 0 Å². The smallest absolute Gasteiger partial charge is 0.235 e. The van der Waals surface area contributed by atoms with Gasteiger partial charge in [0.15, 0.2) is 0 Å². The molecule has 0 atom stereocenters. The minimum Gasteiger partial charge on any atom is -0.372 e. The van der Waals surface area contributed by atoms with Gasteiger partial charge in [-0.3, -0.25) is 14.4 Å². The first-order valence-corrected chi connectivity index (χ1v) is 12.4. The molecule has 0 fully saturated rings. The summed E-state index contributed by atoms with van der Waals surface area (Å²) in [6.07, 6.45) is 0.974. The van der Waals surface area contributed by atoms with Crippen LogP contribution < -0.4 is 21.1 Å². The molecule has 29 heavy (non-hydrogen) atoms. The van der Waals surface area contributed by atoms with Gasteiger partial charge in [0, 0.05) is 33.8 Å². The zero-order chi connectivity index (χ0) is 22.5. The first kappa shape index (κ1) is 29.4. The number of hydrogen-bond donors (Lipinski definition) is 4. The Morgan fingerprint density at radius 1 is 1.14 bits per heavy atom. The van der Waals surface area contributed by atoms with Crippen LogP contribution in [0.4, 0.5) is 0 Å². The summed E-state index contributed by atoms with van der Waals surface area (Å²) in [5.41, 5.74) is 5.32. The molecule has 0 unspecified atom stereocenters. The number of nitrogens with one attached hydrogen (secondary N) is 3. The molecule has 0 saturated heterocycles. The molecule has 0 bridgehead atoms. The van der Waals surface area contributed by atoms with Gasteiger partial charge in [0.2, 0.25) is 18.7 Å². The molecule has 9 heteroatoms. The van der Waals surface area contributed by atoms with E-state index in [-0.39, 0.29) is 18.4 Å². The van der Waals surface area contributed by atoms with Gasteiger partial charge in [0.1, 0.15) is 0 Å². The lowest BCUT2D eigenvalue weighted by Crippen LogP contribution is -2.35. The van der Waals surface area contributed by atoms with E-state index >= 15 is 0 Å². The van der Waals surface area contributed by atoms with Gasteiger partial charge in [-0.25, -0.2) is 4.72 Å². The van der Waals surface area contributed by atoms with Crippen LogP contribution in [0.3, 0.4) is 0 Å². The van der Waals surface area contributed by atoms with Crippen molar-refractivity contribution in [2.24, 2.45) is 5.73 Å². The molecule has 5 N–H and O–H groups in total. The minimum atomic E-state index is 0.0409. The summed E-state index contributed by atoms with van der Waals surface area (Å²) in [5.74, 6) is 0.0409. The summed E-state index contributed by atoms with van der Waals surface area (Å²) >= 11 is 2.08. The molecule has 0 spiro atoms. The number of primary amides is 1. The number of carbonyl (C=O) groups is 3. The Balaban J connectivity index is 0. The van der Waals surface area contributed by atoms with Crippen LogP contribution in [-0.4, -0.2) is 31.3 Å². The number of nitrogens with two attached hydrogens (primary N) is 1. The van der Waals surface area contributed by atoms with Crippen LogP contribution in [0, 0.1) is 0 Å². The SMILES string of the molecule is CC.CC(C)NC(=O)CNSI.NC=O.O=CNCc1cccc2ccccc12. The Labute approximate surface area is 189 Å². The molecule has 0 aliphatic rings. The summed E-state index contributed by atoms with van der Waals surface area (Å²) < 4.78 is 2.84. The van der Waals surface area contributed by atoms with Crippen molar-refractivity contribution in [1.29, 1.82) is 0 Å². The molecule has 0 heterocycles. The second-order valence-corrected chi connectivity index (χ2v) is 7.16. The quantitative estimate of drug-likeness (QED) is 0.247. The van der Waals surface area contributed by atoms with E-state index in [1.165, 1.54) is 19.9 Å². The van der Waals surface area contributed by atoms with Gasteiger partial charge < -0.3 is 16.4 Å². The highest BCUT2D eigenvalue weighted by atomic mass is 127. The summed E-state index contributed by atoms with van der Waals surface area (Å²) in [6, 6.07) is 14.5. The third-order valence-corrected chi connectivity index (χ3v) is 4.18. The lowest BCUT2D eigenvalue weighted by molar-refractivity contribution is -0.120. The molecule has 0 aliphatic carbocycles. The number of carbonyl (C=O) groups excluding carboxylic acids is 3. The van der Waals surface area contributed by atoms with Crippen LogP contribution in [0.5, 0.6) is 0 Å². The van der Waals surface area contributed by atoms with E-state index in [2.05, 4.69) is 60.5 Å². The lowest BCUT2D eigenvalue weighted by Gasteiger charge is -2.06. The number of fused-ring (bicyclic) bond motifs is 1. The number of rotatable bonds is 7. The Hall–Kier alpha value is -1.85. The minimum absolute atomic E-state index is 0.0409. The van der Waals surface area contributed by atoms with Crippen molar-refractivity contribution in [3.05, 3.63) is 48.0 Å². The van der Waals surface area contributed by atoms with Crippen molar-refractivity contribution in [2.75, 3.05) is 6.54 Å². The van der Waals surface area contributed by atoms with E-state index in [1.807, 2.05) is 52.0 Å². The van der Waals surface area contributed by atoms with Gasteiger partial charge in [-0.1, -0.05) is 56.3 Å². The highest BCUT2D eigenvalue weighted by Crippen LogP contribution is 2.17. The molecular formula is C20H31IN4O3S. The molecule has 3 amide bonds. The Kier molecular flexibility index (Phi) is 21.1. The third kappa shape index (κ3) is 15.7. The van der Waals surface area contributed by atoms with Crippen molar-refractivity contribution in [1.82, 2.24) is 15.4 Å². The number of benzene rings is 2. The van der Waals surface area contributed by atoms with E-state index in [4.69, 9.17) is 4.79 Å². The Morgan fingerprint density at radius 2 is 1.72 bits per heavy atom. The second-order valence-electron chi connectivity index (χ2n) is 5.39. The summed E-state index contributed by atoms with van der Waals surface area (Å²) in [7, 11) is 1.42. The van der Waals surface area contributed by atoms with Crippen LogP contribution in [-0.2, 0) is 20.9 Å². The first-order chi connectivity index (χ1) is 14.0. The standard InChI is InChI=1S/C12H11NO.C5H11IN2OS.C2H6.CH3NO/c14-9-13-8-11-6-3-5-10-4-1-2-7-12(10)11;1-4(2)8-5(9)3-7-10-6;1-2;2-1-3/h1-7,9H,8H2,(H,13,14);4,7H,3H2,1-2H3,(H,8,9);1-2H3;1H,(H2,2,3). The number of amides is 3. The number of halogens is 1. The van der Waals surface area contributed by atoms with Crippen LogP contribution in [0.15, 0.2) is 42.5 Å². The predicted octanol–water partition coefficient (Wildman–Crippen LogP) is 3.31. The summed E-state index contributed by atoms with van der Waals surface area (Å²) in [5, 5.41) is 7.84. The molecule has 0 aliphatic heterocycles. The number of hydrogen-bond acceptors (Lipinski definition) is 5. The van der Waals surface area contributed by atoms with Crippen LogP contribution in [0.1, 0.15) is 33.3 Å². The van der Waals surface area contributed by atoms with E-state index in [1.54, 1.807) is 0 Å². The summed E-state index contributed by atoms with van der Waals surface area (Å²) in [6.45, 7) is 8.85. The third-order valence-electron chi connectivity index (χ3n) is 2.99. The topological polar surface area (TPSA) is 113 Å². The first-order valence-electron chi connectivity index (χ1n) is 9.08. The second kappa shape index (κ2) is 20.9. The van der Waals surface area contributed by atoms with Gasteiger partial charge in [-0.05, 0) is 39.3 Å². The zero-order valence-corrected chi connectivity index (χ0v) is 20.3. The average Bonchev–Trinajstić information content (AvgIpc) is 2.73. The fourth-order valence-corrected chi connectivity index (χ4v) is 2.72. The lowest BCUT2D eigenvalue weighted by atomic mass is 10.0. The molecule has 2 aromatic carbocycles. The monoisotopic (exact) mass is 534 g/mol. The maximum atomic E-state index is 10.8. The largest absolute Gasteiger partial charge is 0.372 e. The van der Waals surface area contributed by atoms with E-state index in [0.29, 0.717) is 13.1 Å². The molecule has 0 radical (unpaired) electrons. The molecule has 2 aromatic rings. The Morgan fingerprint density at radius 3 is 2.28 bits per heavy atom. The van der Waals surface area contributed by atoms with Crippen LogP contribution in [0.25, 0.3) is 10.8 Å². The van der Waals surface area contributed by atoms with Gasteiger partial charge >= 0.3 is 0 Å². The van der Waals surface area contributed by atoms with E-state index in [9.17, 15) is 9.59 Å². The van der Waals surface area contributed by atoms with Gasteiger partial charge in [-0.2, -0.15) is 0 Å². The van der Waals surface area contributed by atoms with Crippen molar-refractivity contribution in [3.8, 4) is 0 Å². The zero-order valence-electron chi connectivity index (χ0n) is 17.3. The fourth-order valence-electron chi connectivity index (χ4n) is 2.06. The molecule has 0 saturated carbocycles. The van der Waals surface area contributed by atoms with Crippen molar-refractivity contribution in [2.45, 2.75) is 40.3 Å². The van der Waals surface area contributed by atoms with Crippen LogP contribution in [0.2, 0.25) is 0 Å². The molecule has 162 valence electrons. The molecular weight excluding hydrogens is 503 g/mol. The molecule has 2 rings (SSSR count). The maximum Gasteiger partial charge on any atom is 0.235 e. The van der Waals surface area contributed by atoms with Crippen molar-refractivity contribution in [3.63, 3.8) is 0 Å². The van der Waals surface area contributed by atoms with E-state index in [0.717, 1.165) is 12.0 Å². The predicted molar refractivity (Wildman–Crippen MR) is 131 cm³/mol. The summed E-state index contributed by atoms with van der Waals surface area (Å²) in [4.78, 5) is 29.6. The highest BCUT2D eigenvalue weighted by molar-refractivity contribution is 14.2. The normalized spacial score (nSPS) is 8.90. The fraction of sp³-hybridized carbons (Fsp3) is 0.350. The van der Waals surface area contributed by atoms with Crippen LogP contribution >= 0.6 is 30.3 Å². The molecule has 0 aromatic heterocycles. The Bertz CT molecular complexity index is 697. The highest BCUT2D eigenvalue weighted by Gasteiger charge is 2.00.